The van der Waals surface area contributed by atoms with Crippen LogP contribution in [0.1, 0.15) is 18.9 Å². The van der Waals surface area contributed by atoms with Gasteiger partial charge in [0.25, 0.3) is 0 Å². The van der Waals surface area contributed by atoms with Crippen LogP contribution in [0.15, 0.2) is 12.4 Å². The van der Waals surface area contributed by atoms with Gasteiger partial charge in [0.15, 0.2) is 0 Å². The number of rotatable bonds is 5. The molecular formula is C9H17N3O. The normalized spacial score (nSPS) is 13.2. The molecule has 0 bridgehead atoms. The summed E-state index contributed by atoms with van der Waals surface area (Å²) in [4.78, 5) is 0. The van der Waals surface area contributed by atoms with Crippen molar-refractivity contribution in [1.82, 2.24) is 15.1 Å². The topological polar surface area (TPSA) is 50.1 Å². The third-order valence-electron chi connectivity index (χ3n) is 2.07. The minimum atomic E-state index is 0.191. The number of aryl methyl sites for hydroxylation is 1. The predicted molar refractivity (Wildman–Crippen MR) is 51.2 cm³/mol. The van der Waals surface area contributed by atoms with Gasteiger partial charge in [0.05, 0.1) is 12.8 Å². The van der Waals surface area contributed by atoms with E-state index >= 15 is 0 Å². The number of aliphatic hydroxyl groups is 1. The summed E-state index contributed by atoms with van der Waals surface area (Å²) in [7, 11) is 1.90. The van der Waals surface area contributed by atoms with Gasteiger partial charge in [0.2, 0.25) is 0 Å². The molecular weight excluding hydrogens is 166 g/mol. The van der Waals surface area contributed by atoms with Crippen molar-refractivity contribution in [2.24, 2.45) is 7.05 Å². The lowest BCUT2D eigenvalue weighted by molar-refractivity contribution is 0.238. The molecule has 0 aliphatic heterocycles. The monoisotopic (exact) mass is 183 g/mol. The van der Waals surface area contributed by atoms with Crippen molar-refractivity contribution in [2.45, 2.75) is 25.9 Å². The molecule has 74 valence electrons. The molecule has 1 heterocycles. The Labute approximate surface area is 78.6 Å². The molecule has 0 fully saturated rings. The average molecular weight is 183 g/mol. The summed E-state index contributed by atoms with van der Waals surface area (Å²) in [5, 5.41) is 16.2. The number of nitrogens with one attached hydrogen (secondary N) is 1. The number of hydrogen-bond acceptors (Lipinski definition) is 3. The highest BCUT2D eigenvalue weighted by Crippen LogP contribution is 1.97. The standard InChI is InChI=1S/C9H17N3O/c1-3-9(7-13)10-4-8-5-11-12(2)6-8/h5-6,9-10,13H,3-4,7H2,1-2H3/t9-/m1/s1. The van der Waals surface area contributed by atoms with Crippen molar-refractivity contribution < 1.29 is 5.11 Å². The number of nitrogens with zero attached hydrogens (tertiary/aromatic N) is 2. The van der Waals surface area contributed by atoms with E-state index in [2.05, 4.69) is 17.3 Å². The van der Waals surface area contributed by atoms with Crippen LogP contribution in [0.3, 0.4) is 0 Å². The second-order valence-corrected chi connectivity index (χ2v) is 3.19. The van der Waals surface area contributed by atoms with Gasteiger partial charge in [-0.2, -0.15) is 5.10 Å². The van der Waals surface area contributed by atoms with Crippen LogP contribution < -0.4 is 5.32 Å². The molecule has 0 saturated carbocycles. The lowest BCUT2D eigenvalue weighted by Gasteiger charge is -2.12. The maximum Gasteiger partial charge on any atom is 0.0584 e. The molecule has 1 rings (SSSR count). The molecule has 4 heteroatoms. The third-order valence-corrected chi connectivity index (χ3v) is 2.07. The fraction of sp³-hybridized carbons (Fsp3) is 0.667. The molecule has 0 saturated heterocycles. The van der Waals surface area contributed by atoms with Gasteiger partial charge >= 0.3 is 0 Å². The minimum Gasteiger partial charge on any atom is -0.395 e. The highest BCUT2D eigenvalue weighted by molar-refractivity contribution is 5.03. The van der Waals surface area contributed by atoms with Crippen LogP contribution in [-0.4, -0.2) is 27.5 Å². The first-order valence-electron chi connectivity index (χ1n) is 4.58. The first-order valence-corrected chi connectivity index (χ1v) is 4.58. The van der Waals surface area contributed by atoms with Crippen molar-refractivity contribution in [3.63, 3.8) is 0 Å². The zero-order valence-corrected chi connectivity index (χ0v) is 8.20. The first-order chi connectivity index (χ1) is 6.26. The molecule has 1 aromatic rings. The molecule has 0 amide bonds. The lowest BCUT2D eigenvalue weighted by atomic mass is 10.2. The number of hydrogen-bond donors (Lipinski definition) is 2. The smallest absolute Gasteiger partial charge is 0.0584 e. The first kappa shape index (κ1) is 10.2. The van der Waals surface area contributed by atoms with E-state index in [4.69, 9.17) is 5.11 Å². The van der Waals surface area contributed by atoms with E-state index < -0.39 is 0 Å². The highest BCUT2D eigenvalue weighted by Gasteiger charge is 2.03. The Balaban J connectivity index is 2.33. The van der Waals surface area contributed by atoms with Gasteiger partial charge in [0.1, 0.15) is 0 Å². The molecule has 0 aliphatic carbocycles. The van der Waals surface area contributed by atoms with E-state index in [0.29, 0.717) is 0 Å². The summed E-state index contributed by atoms with van der Waals surface area (Å²) < 4.78 is 1.77. The lowest BCUT2D eigenvalue weighted by Crippen LogP contribution is -2.30. The predicted octanol–water partition coefficient (Wildman–Crippen LogP) is 0.281. The average Bonchev–Trinajstić information content (AvgIpc) is 2.53. The van der Waals surface area contributed by atoms with Crippen molar-refractivity contribution in [2.75, 3.05) is 6.61 Å². The van der Waals surface area contributed by atoms with Gasteiger partial charge in [-0.05, 0) is 6.42 Å². The molecule has 0 aromatic carbocycles. The van der Waals surface area contributed by atoms with Crippen molar-refractivity contribution in [3.05, 3.63) is 18.0 Å². The minimum absolute atomic E-state index is 0.191. The summed E-state index contributed by atoms with van der Waals surface area (Å²) >= 11 is 0. The van der Waals surface area contributed by atoms with Crippen LogP contribution in [0, 0.1) is 0 Å². The Hall–Kier alpha value is -0.870. The van der Waals surface area contributed by atoms with Gasteiger partial charge < -0.3 is 10.4 Å². The Morgan fingerprint density at radius 2 is 2.46 bits per heavy atom. The molecule has 13 heavy (non-hydrogen) atoms. The summed E-state index contributed by atoms with van der Waals surface area (Å²) in [5.74, 6) is 0. The zero-order valence-electron chi connectivity index (χ0n) is 8.20. The van der Waals surface area contributed by atoms with Crippen LogP contribution in [0.25, 0.3) is 0 Å². The van der Waals surface area contributed by atoms with Crippen LogP contribution in [0.2, 0.25) is 0 Å². The zero-order chi connectivity index (χ0) is 9.68. The summed E-state index contributed by atoms with van der Waals surface area (Å²) in [5.41, 5.74) is 1.15. The van der Waals surface area contributed by atoms with E-state index in [-0.39, 0.29) is 12.6 Å². The number of aromatic nitrogens is 2. The molecule has 1 aromatic heterocycles. The SMILES string of the molecule is CC[C@H](CO)NCc1cnn(C)c1. The van der Waals surface area contributed by atoms with Crippen molar-refractivity contribution in [3.8, 4) is 0 Å². The third kappa shape index (κ3) is 3.16. The van der Waals surface area contributed by atoms with Gasteiger partial charge in [-0.1, -0.05) is 6.92 Å². The van der Waals surface area contributed by atoms with Gasteiger partial charge in [0, 0.05) is 31.4 Å². The van der Waals surface area contributed by atoms with Gasteiger partial charge in [-0.15, -0.1) is 0 Å². The van der Waals surface area contributed by atoms with E-state index in [1.54, 1.807) is 4.68 Å². The Morgan fingerprint density at radius 3 is 2.92 bits per heavy atom. The second kappa shape index (κ2) is 4.99. The van der Waals surface area contributed by atoms with E-state index in [9.17, 15) is 0 Å². The Kier molecular flexibility index (Phi) is 3.92. The van der Waals surface area contributed by atoms with Crippen molar-refractivity contribution in [1.29, 1.82) is 0 Å². The molecule has 2 N–H and O–H groups in total. The van der Waals surface area contributed by atoms with Crippen LogP contribution in [-0.2, 0) is 13.6 Å². The molecule has 0 aliphatic rings. The molecule has 4 nitrogen and oxygen atoms in total. The second-order valence-electron chi connectivity index (χ2n) is 3.19. The molecule has 0 radical (unpaired) electrons. The molecule has 1 atom stereocenters. The van der Waals surface area contributed by atoms with E-state index in [1.807, 2.05) is 19.4 Å². The summed E-state index contributed by atoms with van der Waals surface area (Å²) in [6, 6.07) is 0.195. The molecule has 0 unspecified atom stereocenters. The largest absolute Gasteiger partial charge is 0.395 e. The van der Waals surface area contributed by atoms with E-state index in [0.717, 1.165) is 18.5 Å². The highest BCUT2D eigenvalue weighted by atomic mass is 16.3. The van der Waals surface area contributed by atoms with Crippen LogP contribution in [0.4, 0.5) is 0 Å². The van der Waals surface area contributed by atoms with Gasteiger partial charge in [-0.25, -0.2) is 0 Å². The Morgan fingerprint density at radius 1 is 1.69 bits per heavy atom. The fourth-order valence-corrected chi connectivity index (χ4v) is 1.16. The molecule has 0 spiro atoms. The van der Waals surface area contributed by atoms with E-state index in [1.165, 1.54) is 0 Å². The maximum atomic E-state index is 8.93. The number of aliphatic hydroxyl groups excluding tert-OH is 1. The van der Waals surface area contributed by atoms with Crippen LogP contribution in [0.5, 0.6) is 0 Å². The van der Waals surface area contributed by atoms with Crippen molar-refractivity contribution >= 4 is 0 Å². The van der Waals surface area contributed by atoms with Crippen LogP contribution >= 0.6 is 0 Å². The summed E-state index contributed by atoms with van der Waals surface area (Å²) in [6.45, 7) is 3.01. The quantitative estimate of drug-likeness (QED) is 0.689. The maximum absolute atomic E-state index is 8.93. The summed E-state index contributed by atoms with van der Waals surface area (Å²) in [6.07, 6.45) is 4.74. The fourth-order valence-electron chi connectivity index (χ4n) is 1.16. The van der Waals surface area contributed by atoms with Gasteiger partial charge in [-0.3, -0.25) is 4.68 Å². The Bertz CT molecular complexity index is 243.